The van der Waals surface area contributed by atoms with Gasteiger partial charge in [0.05, 0.1) is 47.5 Å². The van der Waals surface area contributed by atoms with Gasteiger partial charge < -0.3 is 14.4 Å². The molecule has 4 aliphatic rings. The lowest BCUT2D eigenvalue weighted by Gasteiger charge is -2.29. The van der Waals surface area contributed by atoms with Gasteiger partial charge in [0.15, 0.2) is 5.78 Å². The number of cyclic esters (lactones) is 1. The van der Waals surface area contributed by atoms with E-state index < -0.39 is 50.6 Å². The second kappa shape index (κ2) is 16.7. The largest absolute Gasteiger partial charge is 0.488 e. The summed E-state index contributed by atoms with van der Waals surface area (Å²) in [5.74, 6) is -2.38. The second-order valence-electron chi connectivity index (χ2n) is 15.8. The molecule has 296 valence electrons. The molecule has 0 spiro atoms. The Kier molecular flexibility index (Phi) is 11.8. The van der Waals surface area contributed by atoms with Crippen molar-refractivity contribution in [1.29, 1.82) is 0 Å². The average molecular weight is 782 g/mol. The van der Waals surface area contributed by atoms with E-state index in [0.29, 0.717) is 43.5 Å². The third-order valence-electron chi connectivity index (χ3n) is 11.6. The molecule has 1 aromatic heterocycles. The van der Waals surface area contributed by atoms with Gasteiger partial charge in [0.1, 0.15) is 11.9 Å². The molecule has 3 aromatic rings. The molecule has 1 saturated heterocycles. The number of Topliss-reactive ketones (excluding diaryl/α,β-unsaturated/α-hetero) is 1. The molecule has 0 radical (unpaired) electrons. The fourth-order valence-electron chi connectivity index (χ4n) is 8.12. The van der Waals surface area contributed by atoms with Crippen molar-refractivity contribution >= 4 is 50.6 Å². The topological polar surface area (TPSA) is 149 Å². The number of unbranched alkanes of at least 4 members (excludes halogenated alkanes) is 1. The van der Waals surface area contributed by atoms with Crippen molar-refractivity contribution in [1.82, 2.24) is 14.6 Å². The highest BCUT2D eigenvalue weighted by molar-refractivity contribution is 7.90. The molecule has 11 nitrogen and oxygen atoms in total. The monoisotopic (exact) mass is 781 g/mol. The number of pyridine rings is 1. The number of allylic oxidation sites excluding steroid dienone is 2. The zero-order valence-electron chi connectivity index (χ0n) is 32.0. The molecule has 12 heteroatoms. The second-order valence-corrected chi connectivity index (χ2v) is 17.8. The van der Waals surface area contributed by atoms with Crippen LogP contribution < -0.4 is 9.46 Å². The molecular weight excluding hydrogens is 731 g/mol. The quantitative estimate of drug-likeness (QED) is 0.161. The third-order valence-corrected chi connectivity index (χ3v) is 13.5. The van der Waals surface area contributed by atoms with E-state index in [2.05, 4.69) is 17.4 Å². The lowest BCUT2D eigenvalue weighted by molar-refractivity contribution is -0.150. The van der Waals surface area contributed by atoms with Gasteiger partial charge in [-0.3, -0.25) is 23.9 Å². The summed E-state index contributed by atoms with van der Waals surface area (Å²) in [7, 11) is -3.85. The Morgan fingerprint density at radius 2 is 1.89 bits per heavy atom. The number of carbonyl (C=O) groups is 4. The Labute approximate surface area is 329 Å². The molecule has 2 aliphatic carbocycles. The van der Waals surface area contributed by atoms with Gasteiger partial charge in [-0.15, -0.1) is 6.58 Å². The molecule has 2 aliphatic heterocycles. The van der Waals surface area contributed by atoms with Crippen LogP contribution in [0.3, 0.4) is 0 Å². The number of aromatic nitrogens is 1. The summed E-state index contributed by atoms with van der Waals surface area (Å²) in [6.07, 6.45) is 10.4. The van der Waals surface area contributed by atoms with E-state index in [9.17, 15) is 27.6 Å². The predicted octanol–water partition coefficient (Wildman–Crippen LogP) is 6.95. The lowest BCUT2D eigenvalue weighted by Crippen LogP contribution is -2.46. The number of esters is 1. The Morgan fingerprint density at radius 1 is 1.09 bits per heavy atom. The minimum atomic E-state index is -3.85. The number of rotatable bonds is 11. The molecule has 7 rings (SSSR count). The van der Waals surface area contributed by atoms with Crippen LogP contribution in [0.4, 0.5) is 0 Å². The zero-order valence-corrected chi connectivity index (χ0v) is 32.8. The Balaban J connectivity index is 1.25. The van der Waals surface area contributed by atoms with E-state index in [1.807, 2.05) is 67.6 Å². The SMILES string of the molecule is C=C[C@@H]1C[C@]1(CC(=O)[C@@H]1C[C@@H]2CN1C(=O)[C@H](CCCC)CC(=O)OCCCC/C=C/c1ccc3nc(-c4ccccc4)cc(c3c1)O2)C(=O)NS(=O)(=O)C1CC1. The normalized spacial score (nSPS) is 26.3. The molecule has 3 fully saturated rings. The van der Waals surface area contributed by atoms with Crippen molar-refractivity contribution in [2.24, 2.45) is 17.3 Å². The maximum atomic E-state index is 14.6. The first-order chi connectivity index (χ1) is 27.0. The number of benzene rings is 2. The maximum Gasteiger partial charge on any atom is 0.306 e. The van der Waals surface area contributed by atoms with E-state index in [4.69, 9.17) is 14.5 Å². The van der Waals surface area contributed by atoms with Crippen molar-refractivity contribution in [2.45, 2.75) is 101 Å². The van der Waals surface area contributed by atoms with Crippen LogP contribution in [0.2, 0.25) is 0 Å². The Morgan fingerprint density at radius 3 is 2.62 bits per heavy atom. The molecule has 2 saturated carbocycles. The van der Waals surface area contributed by atoms with Gasteiger partial charge in [-0.05, 0) is 68.6 Å². The number of fused-ring (bicyclic) bond motifs is 3. The van der Waals surface area contributed by atoms with E-state index in [0.717, 1.165) is 41.3 Å². The summed E-state index contributed by atoms with van der Waals surface area (Å²) in [4.78, 5) is 62.4. The van der Waals surface area contributed by atoms with Crippen LogP contribution in [0.15, 0.2) is 73.3 Å². The van der Waals surface area contributed by atoms with Crippen molar-refractivity contribution < 1.29 is 37.1 Å². The molecule has 2 amide bonds. The minimum absolute atomic E-state index is 0.0805. The number of ketones is 1. The van der Waals surface area contributed by atoms with Gasteiger partial charge in [-0.2, -0.15) is 0 Å². The first-order valence-corrected chi connectivity index (χ1v) is 21.6. The van der Waals surface area contributed by atoms with Crippen LogP contribution in [-0.4, -0.2) is 72.4 Å². The zero-order chi connectivity index (χ0) is 39.5. The summed E-state index contributed by atoms with van der Waals surface area (Å²) < 4.78 is 40.3. The minimum Gasteiger partial charge on any atom is -0.488 e. The number of sulfonamides is 1. The van der Waals surface area contributed by atoms with Gasteiger partial charge in [-0.25, -0.2) is 13.4 Å². The fraction of sp³-hybridized carbons (Fsp3) is 0.477. The standard InChI is InChI=1S/C44H51N3O8S/c1-3-5-14-31-23-41(49)54-21-12-7-6-9-13-29-17-20-36-35(22-29)40(25-37(45-36)30-15-10-8-11-16-30)55-33-24-38(47(28-33)42(31)50)39(48)27-44(26-32(44)4-2)43(51)46-56(52,53)34-18-19-34/h4,8-11,13,15-17,20,22,25,31-34,38H,2-3,5-7,12,14,18-19,21,23-24,26-28H2,1H3,(H,46,51)/b13-9+/t31-,32-,33-,38+,44-/m1/s1. The highest BCUT2D eigenvalue weighted by Gasteiger charge is 2.61. The molecule has 0 unspecified atom stereocenters. The summed E-state index contributed by atoms with van der Waals surface area (Å²) in [6.45, 7) is 6.20. The number of nitrogens with one attached hydrogen (secondary N) is 1. The predicted molar refractivity (Wildman–Crippen MR) is 214 cm³/mol. The van der Waals surface area contributed by atoms with Gasteiger partial charge in [0, 0.05) is 35.8 Å². The number of carbonyl (C=O) groups excluding carboxylic acids is 4. The molecule has 2 aromatic carbocycles. The number of nitrogens with zero attached hydrogens (tertiary/aromatic N) is 2. The third kappa shape index (κ3) is 8.75. The Bertz CT molecular complexity index is 2130. The smallest absolute Gasteiger partial charge is 0.306 e. The molecule has 56 heavy (non-hydrogen) atoms. The van der Waals surface area contributed by atoms with Crippen LogP contribution in [0.5, 0.6) is 5.75 Å². The molecule has 4 bridgehead atoms. The summed E-state index contributed by atoms with van der Waals surface area (Å²) in [6, 6.07) is 16.7. The number of ether oxygens (including phenoxy) is 2. The Hall–Kier alpha value is -4.84. The van der Waals surface area contributed by atoms with E-state index in [1.54, 1.807) is 6.08 Å². The summed E-state index contributed by atoms with van der Waals surface area (Å²) in [5, 5.41) is 0.186. The van der Waals surface area contributed by atoms with Crippen LogP contribution in [0.1, 0.15) is 89.5 Å². The van der Waals surface area contributed by atoms with E-state index in [1.165, 1.54) is 4.90 Å². The fourth-order valence-corrected chi connectivity index (χ4v) is 9.50. The molecule has 5 atom stereocenters. The van der Waals surface area contributed by atoms with Crippen LogP contribution in [-0.2, 0) is 33.9 Å². The molecule has 1 N–H and O–H groups in total. The van der Waals surface area contributed by atoms with E-state index >= 15 is 0 Å². The highest BCUT2D eigenvalue weighted by atomic mass is 32.2. The first-order valence-electron chi connectivity index (χ1n) is 20.0. The van der Waals surface area contributed by atoms with Crippen molar-refractivity contribution in [3.63, 3.8) is 0 Å². The van der Waals surface area contributed by atoms with Gasteiger partial charge in [0.25, 0.3) is 0 Å². The number of hydrogen-bond donors (Lipinski definition) is 1. The van der Waals surface area contributed by atoms with Crippen LogP contribution >= 0.6 is 0 Å². The van der Waals surface area contributed by atoms with Gasteiger partial charge in [0.2, 0.25) is 21.8 Å². The summed E-state index contributed by atoms with van der Waals surface area (Å²) in [5.41, 5.74) is 2.04. The van der Waals surface area contributed by atoms with Crippen molar-refractivity contribution in [3.05, 3.63) is 78.9 Å². The average Bonchev–Trinajstić information content (AvgIpc) is 4.12. The lowest BCUT2D eigenvalue weighted by atomic mass is 9.90. The highest BCUT2D eigenvalue weighted by Crippen LogP contribution is 2.57. The van der Waals surface area contributed by atoms with E-state index in [-0.39, 0.29) is 56.4 Å². The van der Waals surface area contributed by atoms with Crippen molar-refractivity contribution in [3.8, 4) is 17.0 Å². The van der Waals surface area contributed by atoms with Crippen LogP contribution in [0, 0.1) is 17.3 Å². The maximum absolute atomic E-state index is 14.6. The van der Waals surface area contributed by atoms with Crippen LogP contribution in [0.25, 0.3) is 28.2 Å². The van der Waals surface area contributed by atoms with Gasteiger partial charge in [-0.1, -0.05) is 74.4 Å². The van der Waals surface area contributed by atoms with Gasteiger partial charge >= 0.3 is 5.97 Å². The summed E-state index contributed by atoms with van der Waals surface area (Å²) >= 11 is 0. The van der Waals surface area contributed by atoms with Crippen molar-refractivity contribution in [2.75, 3.05) is 13.2 Å². The first kappa shape index (κ1) is 39.4. The number of amides is 2. The number of hydrogen-bond acceptors (Lipinski definition) is 9. The molecular formula is C44H51N3O8S. The molecule has 3 heterocycles.